The van der Waals surface area contributed by atoms with Gasteiger partial charge in [0.25, 0.3) is 0 Å². The number of rotatable bonds is 4. The summed E-state index contributed by atoms with van der Waals surface area (Å²) in [6.45, 7) is 1.77. The molecule has 1 aromatic carbocycles. The van der Waals surface area contributed by atoms with Crippen LogP contribution in [0.15, 0.2) is 42.0 Å². The fourth-order valence-electron chi connectivity index (χ4n) is 2.31. The molecule has 2 rings (SSSR count). The third-order valence-electron chi connectivity index (χ3n) is 3.55. The maximum absolute atomic E-state index is 12.9. The number of aromatic nitrogens is 1. The van der Waals surface area contributed by atoms with Crippen molar-refractivity contribution in [1.82, 2.24) is 4.57 Å². The molecule has 0 amide bonds. The van der Waals surface area contributed by atoms with E-state index in [1.54, 1.807) is 42.8 Å². The van der Waals surface area contributed by atoms with Crippen LogP contribution in [0.5, 0.6) is 0 Å². The molecule has 130 valence electrons. The highest BCUT2D eigenvalue weighted by atomic mass is 19.4. The fourth-order valence-corrected chi connectivity index (χ4v) is 2.31. The first-order valence-corrected chi connectivity index (χ1v) is 7.40. The second-order valence-corrected chi connectivity index (χ2v) is 5.17. The molecule has 25 heavy (non-hydrogen) atoms. The molecule has 0 saturated carbocycles. The molecular weight excluding hydrogens is 333 g/mol. The number of carbonyl (C=O) groups is 1. The molecule has 0 saturated heterocycles. The summed E-state index contributed by atoms with van der Waals surface area (Å²) < 4.78 is 45.0. The van der Waals surface area contributed by atoms with E-state index in [1.807, 2.05) is 0 Å². The van der Waals surface area contributed by atoms with Crippen molar-refractivity contribution < 1.29 is 22.7 Å². The van der Waals surface area contributed by atoms with Crippen LogP contribution >= 0.6 is 0 Å². The predicted octanol–water partition coefficient (Wildman–Crippen LogP) is 4.18. The Morgan fingerprint density at radius 1 is 1.32 bits per heavy atom. The van der Waals surface area contributed by atoms with E-state index in [4.69, 9.17) is 10.00 Å². The second kappa shape index (κ2) is 7.26. The van der Waals surface area contributed by atoms with Crippen molar-refractivity contribution in [2.75, 3.05) is 6.61 Å². The SMILES string of the molecule is CCOC(=O)/C(C#N)=C/c1ccc(-c2cccc(C(F)(F)F)c2)n1C. The Kier molecular flexibility index (Phi) is 5.32. The van der Waals surface area contributed by atoms with Crippen LogP contribution in [0.3, 0.4) is 0 Å². The van der Waals surface area contributed by atoms with Crippen LogP contribution in [0.4, 0.5) is 13.2 Å². The van der Waals surface area contributed by atoms with Crippen molar-refractivity contribution in [1.29, 1.82) is 5.26 Å². The van der Waals surface area contributed by atoms with Gasteiger partial charge in [0.1, 0.15) is 11.6 Å². The van der Waals surface area contributed by atoms with Gasteiger partial charge >= 0.3 is 12.1 Å². The first-order valence-electron chi connectivity index (χ1n) is 7.40. The highest BCUT2D eigenvalue weighted by Crippen LogP contribution is 2.32. The lowest BCUT2D eigenvalue weighted by molar-refractivity contribution is -0.138. The molecule has 0 aliphatic rings. The van der Waals surface area contributed by atoms with Gasteiger partial charge in [0.15, 0.2) is 0 Å². The lowest BCUT2D eigenvalue weighted by Gasteiger charge is -2.10. The number of carbonyl (C=O) groups excluding carboxylic acids is 1. The number of hydrogen-bond acceptors (Lipinski definition) is 3. The summed E-state index contributed by atoms with van der Waals surface area (Å²) in [7, 11) is 1.64. The van der Waals surface area contributed by atoms with E-state index in [9.17, 15) is 18.0 Å². The standard InChI is InChI=1S/C18H15F3N2O2/c1-3-25-17(24)13(11-22)10-15-7-8-16(23(15)2)12-5-4-6-14(9-12)18(19,20)21/h4-10H,3H2,1-2H3/b13-10+. The molecule has 0 bridgehead atoms. The smallest absolute Gasteiger partial charge is 0.416 e. The molecule has 1 heterocycles. The highest BCUT2D eigenvalue weighted by Gasteiger charge is 2.30. The van der Waals surface area contributed by atoms with Crippen molar-refractivity contribution in [3.63, 3.8) is 0 Å². The minimum atomic E-state index is -4.43. The van der Waals surface area contributed by atoms with Gasteiger partial charge in [-0.2, -0.15) is 18.4 Å². The molecule has 0 radical (unpaired) electrons. The molecule has 2 aromatic rings. The zero-order chi connectivity index (χ0) is 18.6. The van der Waals surface area contributed by atoms with Gasteiger partial charge in [-0.1, -0.05) is 12.1 Å². The van der Waals surface area contributed by atoms with E-state index >= 15 is 0 Å². The number of nitriles is 1. The van der Waals surface area contributed by atoms with E-state index in [-0.39, 0.29) is 12.2 Å². The fraction of sp³-hybridized carbons (Fsp3) is 0.222. The van der Waals surface area contributed by atoms with E-state index in [1.165, 1.54) is 12.1 Å². The third kappa shape index (κ3) is 4.10. The van der Waals surface area contributed by atoms with Crippen LogP contribution < -0.4 is 0 Å². The van der Waals surface area contributed by atoms with Crippen molar-refractivity contribution in [3.8, 4) is 17.3 Å². The summed E-state index contributed by atoms with van der Waals surface area (Å²) in [5.41, 5.74) is 0.480. The van der Waals surface area contributed by atoms with E-state index < -0.39 is 17.7 Å². The lowest BCUT2D eigenvalue weighted by atomic mass is 10.1. The summed E-state index contributed by atoms with van der Waals surface area (Å²) in [6.07, 6.45) is -3.09. The second-order valence-electron chi connectivity index (χ2n) is 5.17. The quantitative estimate of drug-likeness (QED) is 0.473. The van der Waals surface area contributed by atoms with Gasteiger partial charge in [-0.3, -0.25) is 0 Å². The molecule has 0 atom stereocenters. The molecule has 0 aliphatic heterocycles. The maximum atomic E-state index is 12.9. The van der Waals surface area contributed by atoms with Gasteiger partial charge in [0, 0.05) is 18.4 Å². The predicted molar refractivity (Wildman–Crippen MR) is 86.1 cm³/mol. The summed E-state index contributed by atoms with van der Waals surface area (Å²) in [5, 5.41) is 9.07. The normalized spacial score (nSPS) is 11.9. The first kappa shape index (κ1) is 18.3. The molecule has 0 N–H and O–H groups in total. The average Bonchev–Trinajstić information content (AvgIpc) is 2.92. The Morgan fingerprint density at radius 2 is 2.04 bits per heavy atom. The zero-order valence-corrected chi connectivity index (χ0v) is 13.6. The highest BCUT2D eigenvalue weighted by molar-refractivity contribution is 5.97. The van der Waals surface area contributed by atoms with Crippen LogP contribution in [0, 0.1) is 11.3 Å². The van der Waals surface area contributed by atoms with Crippen molar-refractivity contribution in [2.45, 2.75) is 13.1 Å². The molecular formula is C18H15F3N2O2. The Labute approximate surface area is 142 Å². The molecule has 1 aromatic heterocycles. The minimum Gasteiger partial charge on any atom is -0.462 e. The van der Waals surface area contributed by atoms with Gasteiger partial charge in [0.05, 0.1) is 12.2 Å². The van der Waals surface area contributed by atoms with Gasteiger partial charge < -0.3 is 9.30 Å². The molecule has 7 heteroatoms. The zero-order valence-electron chi connectivity index (χ0n) is 13.6. The van der Waals surface area contributed by atoms with Crippen LogP contribution in [0.2, 0.25) is 0 Å². The van der Waals surface area contributed by atoms with Crippen molar-refractivity contribution >= 4 is 12.0 Å². The number of hydrogen-bond donors (Lipinski definition) is 0. The molecule has 0 unspecified atom stereocenters. The maximum Gasteiger partial charge on any atom is 0.416 e. The number of esters is 1. The molecule has 0 aliphatic carbocycles. The Bertz CT molecular complexity index is 858. The Morgan fingerprint density at radius 3 is 2.64 bits per heavy atom. The van der Waals surface area contributed by atoms with Crippen molar-refractivity contribution in [2.24, 2.45) is 7.05 Å². The molecule has 4 nitrogen and oxygen atoms in total. The summed E-state index contributed by atoms with van der Waals surface area (Å²) in [6, 6.07) is 9.96. The van der Waals surface area contributed by atoms with Crippen molar-refractivity contribution in [3.05, 3.63) is 53.2 Å². The van der Waals surface area contributed by atoms with Gasteiger partial charge in [-0.15, -0.1) is 0 Å². The van der Waals surface area contributed by atoms with E-state index in [2.05, 4.69) is 0 Å². The van der Waals surface area contributed by atoms with E-state index in [0.29, 0.717) is 17.0 Å². The monoisotopic (exact) mass is 348 g/mol. The number of nitrogens with zero attached hydrogens (tertiary/aromatic N) is 2. The van der Waals surface area contributed by atoms with Crippen LogP contribution in [0.25, 0.3) is 17.3 Å². The number of halogens is 3. The van der Waals surface area contributed by atoms with Gasteiger partial charge in [-0.05, 0) is 42.8 Å². The summed E-state index contributed by atoms with van der Waals surface area (Å²) in [4.78, 5) is 11.7. The minimum absolute atomic E-state index is 0.139. The molecule has 0 fully saturated rings. The Hall–Kier alpha value is -3.01. The number of benzene rings is 1. The number of ether oxygens (including phenoxy) is 1. The van der Waals surface area contributed by atoms with Crippen LogP contribution in [-0.4, -0.2) is 17.1 Å². The third-order valence-corrected chi connectivity index (χ3v) is 3.55. The van der Waals surface area contributed by atoms with Crippen LogP contribution in [0.1, 0.15) is 18.2 Å². The lowest BCUT2D eigenvalue weighted by Crippen LogP contribution is -2.07. The largest absolute Gasteiger partial charge is 0.462 e. The van der Waals surface area contributed by atoms with Gasteiger partial charge in [0.2, 0.25) is 0 Å². The van der Waals surface area contributed by atoms with E-state index in [0.717, 1.165) is 12.1 Å². The average molecular weight is 348 g/mol. The first-order chi connectivity index (χ1) is 11.8. The number of alkyl halides is 3. The Balaban J connectivity index is 2.43. The molecule has 0 spiro atoms. The van der Waals surface area contributed by atoms with Crippen LogP contribution in [-0.2, 0) is 22.8 Å². The van der Waals surface area contributed by atoms with Gasteiger partial charge in [-0.25, -0.2) is 4.79 Å². The topological polar surface area (TPSA) is 55.0 Å². The summed E-state index contributed by atoms with van der Waals surface area (Å²) >= 11 is 0. The summed E-state index contributed by atoms with van der Waals surface area (Å²) in [5.74, 6) is -0.744.